The van der Waals surface area contributed by atoms with Gasteiger partial charge < -0.3 is 12.4 Å². The van der Waals surface area contributed by atoms with Crippen LogP contribution in [0.25, 0.3) is 11.0 Å². The normalized spacial score (nSPS) is 14.5. The molecule has 0 bridgehead atoms. The molecule has 1 aliphatic rings. The van der Waals surface area contributed by atoms with E-state index in [4.69, 9.17) is 23.2 Å². The van der Waals surface area contributed by atoms with Crippen LogP contribution in [0.5, 0.6) is 0 Å². The molecule has 0 saturated heterocycles. The van der Waals surface area contributed by atoms with E-state index >= 15 is 0 Å². The quantitative estimate of drug-likeness (QED) is 0.532. The number of benzene rings is 2. The van der Waals surface area contributed by atoms with Gasteiger partial charge in [0.2, 0.25) is 0 Å². The number of aryl methyl sites for hydroxylation is 1. The van der Waals surface area contributed by atoms with Gasteiger partial charge in [-0.05, 0) is 43.5 Å². The van der Waals surface area contributed by atoms with Gasteiger partial charge in [-0.15, -0.1) is 0 Å². The molecule has 8 heteroatoms. The minimum Gasteiger partial charge on any atom is -1.00 e. The van der Waals surface area contributed by atoms with Crippen LogP contribution in [0.4, 0.5) is 13.2 Å². The molecule has 150 valence electrons. The summed E-state index contributed by atoms with van der Waals surface area (Å²) in [7, 11) is 0. The summed E-state index contributed by atoms with van der Waals surface area (Å²) in [6.45, 7) is 1.23. The lowest BCUT2D eigenvalue weighted by atomic mass is 10.1. The Kier molecular flexibility index (Phi) is 6.18. The standard InChI is InChI=1S/C20H18Cl2F3N2.ClH/c21-15-7-5-13(16(22)11-15)12-27-18-10-14(20(23,24)25)6-8-17(18)26-9-3-1-2-4-19(26)27;/h5-8,10-11H,1-4,9,12H2;1H/q+1;/p-1. The maximum atomic E-state index is 13.3. The van der Waals surface area contributed by atoms with Crippen molar-refractivity contribution in [2.45, 2.75) is 44.9 Å². The monoisotopic (exact) mass is 448 g/mol. The lowest BCUT2D eigenvalue weighted by Gasteiger charge is -2.07. The molecule has 0 amide bonds. The zero-order chi connectivity index (χ0) is 19.2. The zero-order valence-electron chi connectivity index (χ0n) is 14.9. The number of rotatable bonds is 2. The van der Waals surface area contributed by atoms with Gasteiger partial charge in [-0.3, -0.25) is 0 Å². The van der Waals surface area contributed by atoms with Gasteiger partial charge in [-0.1, -0.05) is 29.3 Å². The number of fused-ring (bicyclic) bond motifs is 3. The van der Waals surface area contributed by atoms with E-state index in [0.717, 1.165) is 49.1 Å². The number of halogens is 6. The van der Waals surface area contributed by atoms with E-state index < -0.39 is 11.7 Å². The highest BCUT2D eigenvalue weighted by atomic mass is 35.5. The minimum absolute atomic E-state index is 0. The third kappa shape index (κ3) is 3.98. The highest BCUT2D eigenvalue weighted by Crippen LogP contribution is 2.32. The highest BCUT2D eigenvalue weighted by molar-refractivity contribution is 6.35. The second kappa shape index (κ2) is 8.13. The number of alkyl halides is 3. The molecule has 4 rings (SSSR count). The van der Waals surface area contributed by atoms with Gasteiger partial charge in [0.05, 0.1) is 12.1 Å². The summed E-state index contributed by atoms with van der Waals surface area (Å²) in [6.07, 6.45) is -0.369. The first-order chi connectivity index (χ1) is 12.8. The van der Waals surface area contributed by atoms with Crippen LogP contribution in [0, 0.1) is 0 Å². The van der Waals surface area contributed by atoms with Crippen molar-refractivity contribution >= 4 is 34.2 Å². The van der Waals surface area contributed by atoms with Crippen LogP contribution < -0.4 is 17.0 Å². The molecule has 3 aromatic rings. The molecular formula is C20H18Cl3F3N2. The number of hydrogen-bond donors (Lipinski definition) is 0. The Morgan fingerprint density at radius 3 is 2.50 bits per heavy atom. The van der Waals surface area contributed by atoms with Crippen molar-refractivity contribution in [3.8, 4) is 0 Å². The molecule has 0 radical (unpaired) electrons. The summed E-state index contributed by atoms with van der Waals surface area (Å²) in [5.41, 5.74) is 1.63. The van der Waals surface area contributed by atoms with E-state index in [1.54, 1.807) is 18.2 Å². The summed E-state index contributed by atoms with van der Waals surface area (Å²) < 4.78 is 44.0. The van der Waals surface area contributed by atoms with Crippen LogP contribution in [0.3, 0.4) is 0 Å². The maximum Gasteiger partial charge on any atom is 0.416 e. The first kappa shape index (κ1) is 21.3. The third-order valence-corrected chi connectivity index (χ3v) is 5.72. The molecule has 0 aliphatic carbocycles. The second-order valence-corrected chi connectivity index (χ2v) is 7.75. The fraction of sp³-hybridized carbons (Fsp3) is 0.350. The van der Waals surface area contributed by atoms with Gasteiger partial charge in [-0.25, -0.2) is 9.13 Å². The fourth-order valence-corrected chi connectivity index (χ4v) is 4.28. The zero-order valence-corrected chi connectivity index (χ0v) is 17.1. The molecule has 0 unspecified atom stereocenters. The van der Waals surface area contributed by atoms with Crippen molar-refractivity contribution in [3.05, 3.63) is 63.4 Å². The maximum absolute atomic E-state index is 13.3. The van der Waals surface area contributed by atoms with E-state index in [0.29, 0.717) is 22.1 Å². The SMILES string of the molecule is FC(F)(F)c1ccc2c(c1)n(Cc1ccc(Cl)cc1Cl)c1[n+]2CCCCC1.[Cl-]. The van der Waals surface area contributed by atoms with Crippen LogP contribution in [-0.4, -0.2) is 4.57 Å². The summed E-state index contributed by atoms with van der Waals surface area (Å²) >= 11 is 12.3. The number of aromatic nitrogens is 2. The molecule has 0 fully saturated rings. The summed E-state index contributed by atoms with van der Waals surface area (Å²) in [5, 5.41) is 1.05. The summed E-state index contributed by atoms with van der Waals surface area (Å²) in [6, 6.07) is 9.25. The molecule has 0 spiro atoms. The van der Waals surface area contributed by atoms with Gasteiger partial charge in [0, 0.05) is 28.1 Å². The predicted octanol–water partition coefficient (Wildman–Crippen LogP) is 3.03. The van der Waals surface area contributed by atoms with Crippen LogP contribution in [0.2, 0.25) is 10.0 Å². The third-order valence-electron chi connectivity index (χ3n) is 5.13. The lowest BCUT2D eigenvalue weighted by Crippen LogP contribution is -3.00. The van der Waals surface area contributed by atoms with Crippen LogP contribution in [0.15, 0.2) is 36.4 Å². The topological polar surface area (TPSA) is 8.81 Å². The molecule has 2 nitrogen and oxygen atoms in total. The van der Waals surface area contributed by atoms with Gasteiger partial charge in [0.1, 0.15) is 6.54 Å². The average Bonchev–Trinajstić information content (AvgIpc) is 2.75. The van der Waals surface area contributed by atoms with Crippen molar-refractivity contribution in [2.75, 3.05) is 0 Å². The second-order valence-electron chi connectivity index (χ2n) is 6.90. The van der Waals surface area contributed by atoms with Crippen molar-refractivity contribution in [3.63, 3.8) is 0 Å². The van der Waals surface area contributed by atoms with E-state index in [1.165, 1.54) is 12.1 Å². The summed E-state index contributed by atoms with van der Waals surface area (Å²) in [5.74, 6) is 1.05. The largest absolute Gasteiger partial charge is 1.00 e. The first-order valence-electron chi connectivity index (χ1n) is 8.90. The Balaban J connectivity index is 0.00000225. The van der Waals surface area contributed by atoms with E-state index in [1.807, 2.05) is 10.6 Å². The Labute approximate surface area is 177 Å². The molecular weight excluding hydrogens is 432 g/mol. The Morgan fingerprint density at radius 2 is 1.79 bits per heavy atom. The minimum atomic E-state index is -4.37. The predicted molar refractivity (Wildman–Crippen MR) is 100 cm³/mol. The van der Waals surface area contributed by atoms with Gasteiger partial charge >= 0.3 is 6.18 Å². The Hall–Kier alpha value is -1.43. The molecule has 0 saturated carbocycles. The van der Waals surface area contributed by atoms with Crippen molar-refractivity contribution in [2.24, 2.45) is 0 Å². The Bertz CT molecular complexity index is 1010. The molecule has 1 aromatic heterocycles. The number of imidazole rings is 1. The summed E-state index contributed by atoms with van der Waals surface area (Å²) in [4.78, 5) is 0. The van der Waals surface area contributed by atoms with Crippen molar-refractivity contribution in [1.82, 2.24) is 4.57 Å². The van der Waals surface area contributed by atoms with E-state index in [2.05, 4.69) is 4.57 Å². The molecule has 0 N–H and O–H groups in total. The molecule has 0 atom stereocenters. The van der Waals surface area contributed by atoms with Crippen LogP contribution in [-0.2, 0) is 25.7 Å². The first-order valence-corrected chi connectivity index (χ1v) is 9.66. The van der Waals surface area contributed by atoms with Crippen molar-refractivity contribution < 1.29 is 30.1 Å². The van der Waals surface area contributed by atoms with Crippen molar-refractivity contribution in [1.29, 1.82) is 0 Å². The van der Waals surface area contributed by atoms with Crippen LogP contribution in [0.1, 0.15) is 36.2 Å². The fourth-order valence-electron chi connectivity index (χ4n) is 3.81. The molecule has 2 aromatic carbocycles. The smallest absolute Gasteiger partial charge is 0.416 e. The van der Waals surface area contributed by atoms with E-state index in [-0.39, 0.29) is 12.4 Å². The Morgan fingerprint density at radius 1 is 1.00 bits per heavy atom. The van der Waals surface area contributed by atoms with Gasteiger partial charge in [0.15, 0.2) is 11.0 Å². The van der Waals surface area contributed by atoms with Gasteiger partial charge in [0.25, 0.3) is 5.82 Å². The van der Waals surface area contributed by atoms with Gasteiger partial charge in [-0.2, -0.15) is 13.2 Å². The molecule has 28 heavy (non-hydrogen) atoms. The number of hydrogen-bond acceptors (Lipinski definition) is 0. The molecule has 1 aliphatic heterocycles. The highest BCUT2D eigenvalue weighted by Gasteiger charge is 2.34. The lowest BCUT2D eigenvalue weighted by molar-refractivity contribution is -0.678. The van der Waals surface area contributed by atoms with E-state index in [9.17, 15) is 13.2 Å². The number of nitrogens with zero attached hydrogens (tertiary/aromatic N) is 2. The molecule has 2 heterocycles. The average molecular weight is 450 g/mol. The van der Waals surface area contributed by atoms with Crippen LogP contribution >= 0.6 is 23.2 Å².